The molecule has 0 aliphatic heterocycles. The second-order valence-corrected chi connectivity index (χ2v) is 7.18. The largest absolute Gasteiger partial charge is 0.206 e. The Kier molecular flexibility index (Phi) is 4.77. The second-order valence-electron chi connectivity index (χ2n) is 7.18. The molecule has 0 saturated carbocycles. The summed E-state index contributed by atoms with van der Waals surface area (Å²) in [5, 5.41) is 0. The predicted molar refractivity (Wildman–Crippen MR) is 103 cm³/mol. The van der Waals surface area contributed by atoms with Crippen LogP contribution in [0.15, 0.2) is 48.5 Å². The molecule has 0 atom stereocenters. The van der Waals surface area contributed by atoms with Crippen molar-refractivity contribution in [1.82, 2.24) is 0 Å². The standard InChI is InChI=1S/C24H21F3/c1-2-3-4-15-5-8-18-16(13-15)6-9-21-20(18)11-10-19(24(21)27)17-7-12-22(25)23(26)14-17/h5,7-8,10-14H,2-4,6,9H2,1H3. The highest BCUT2D eigenvalue weighted by molar-refractivity contribution is 5.78. The average Bonchev–Trinajstić information content (AvgIpc) is 2.68. The third-order valence-electron chi connectivity index (χ3n) is 5.40. The summed E-state index contributed by atoms with van der Waals surface area (Å²) in [5.41, 5.74) is 5.90. The van der Waals surface area contributed by atoms with Crippen molar-refractivity contribution in [3.63, 3.8) is 0 Å². The summed E-state index contributed by atoms with van der Waals surface area (Å²) >= 11 is 0. The first-order chi connectivity index (χ1) is 13.1. The van der Waals surface area contributed by atoms with Crippen LogP contribution in [-0.4, -0.2) is 0 Å². The Balaban J connectivity index is 1.75. The molecule has 0 heterocycles. The molecule has 0 spiro atoms. The summed E-state index contributed by atoms with van der Waals surface area (Å²) in [7, 11) is 0. The monoisotopic (exact) mass is 366 g/mol. The summed E-state index contributed by atoms with van der Waals surface area (Å²) in [6.45, 7) is 2.18. The molecule has 0 amide bonds. The van der Waals surface area contributed by atoms with Crippen molar-refractivity contribution in [2.75, 3.05) is 0 Å². The minimum absolute atomic E-state index is 0.315. The number of aryl methyl sites for hydroxylation is 2. The fourth-order valence-electron chi connectivity index (χ4n) is 3.92. The van der Waals surface area contributed by atoms with Crippen molar-refractivity contribution in [3.05, 3.63) is 82.7 Å². The van der Waals surface area contributed by atoms with E-state index in [9.17, 15) is 8.78 Å². The summed E-state index contributed by atoms with van der Waals surface area (Å²) in [5.74, 6) is -2.22. The minimum atomic E-state index is -0.963. The van der Waals surface area contributed by atoms with Crippen LogP contribution in [0, 0.1) is 17.5 Å². The molecule has 0 bridgehead atoms. The first-order valence-corrected chi connectivity index (χ1v) is 9.47. The highest BCUT2D eigenvalue weighted by Crippen LogP contribution is 2.39. The number of fused-ring (bicyclic) bond motifs is 3. The average molecular weight is 366 g/mol. The molecular formula is C24H21F3. The predicted octanol–water partition coefficient (Wildman–Crippen LogP) is 6.88. The van der Waals surface area contributed by atoms with Gasteiger partial charge in [0.25, 0.3) is 0 Å². The zero-order chi connectivity index (χ0) is 19.0. The third-order valence-corrected chi connectivity index (χ3v) is 5.40. The first-order valence-electron chi connectivity index (χ1n) is 9.47. The van der Waals surface area contributed by atoms with Crippen LogP contribution in [0.3, 0.4) is 0 Å². The molecule has 0 saturated heterocycles. The van der Waals surface area contributed by atoms with Crippen LogP contribution in [-0.2, 0) is 19.3 Å². The van der Waals surface area contributed by atoms with Gasteiger partial charge in [-0.25, -0.2) is 13.2 Å². The van der Waals surface area contributed by atoms with Crippen LogP contribution in [0.1, 0.15) is 36.5 Å². The molecule has 27 heavy (non-hydrogen) atoms. The van der Waals surface area contributed by atoms with Gasteiger partial charge in [-0.15, -0.1) is 0 Å². The van der Waals surface area contributed by atoms with E-state index in [4.69, 9.17) is 0 Å². The molecule has 4 rings (SSSR count). The van der Waals surface area contributed by atoms with Crippen LogP contribution in [0.4, 0.5) is 13.2 Å². The first kappa shape index (κ1) is 17.8. The number of unbranched alkanes of at least 4 members (excludes halogenated alkanes) is 1. The van der Waals surface area contributed by atoms with Gasteiger partial charge in [0.2, 0.25) is 0 Å². The number of hydrogen-bond donors (Lipinski definition) is 0. The zero-order valence-corrected chi connectivity index (χ0v) is 15.3. The van der Waals surface area contributed by atoms with E-state index in [1.165, 1.54) is 23.6 Å². The van der Waals surface area contributed by atoms with Gasteiger partial charge in [0.1, 0.15) is 5.82 Å². The summed E-state index contributed by atoms with van der Waals surface area (Å²) < 4.78 is 42.0. The fraction of sp³-hybridized carbons (Fsp3) is 0.250. The molecule has 3 aromatic carbocycles. The van der Waals surface area contributed by atoms with Gasteiger partial charge < -0.3 is 0 Å². The molecule has 3 heteroatoms. The molecule has 0 unspecified atom stereocenters. The maximum atomic E-state index is 15.2. The molecule has 138 valence electrons. The molecule has 3 aromatic rings. The molecule has 0 aromatic heterocycles. The lowest BCUT2D eigenvalue weighted by atomic mass is 9.82. The highest BCUT2D eigenvalue weighted by Gasteiger charge is 2.22. The van der Waals surface area contributed by atoms with Crippen LogP contribution >= 0.6 is 0 Å². The van der Waals surface area contributed by atoms with E-state index >= 15 is 4.39 Å². The van der Waals surface area contributed by atoms with Crippen LogP contribution in [0.5, 0.6) is 0 Å². The van der Waals surface area contributed by atoms with Gasteiger partial charge in [-0.1, -0.05) is 49.7 Å². The van der Waals surface area contributed by atoms with Gasteiger partial charge in [0, 0.05) is 5.56 Å². The van der Waals surface area contributed by atoms with Gasteiger partial charge in [-0.2, -0.15) is 0 Å². The van der Waals surface area contributed by atoms with Crippen molar-refractivity contribution in [1.29, 1.82) is 0 Å². The molecule has 0 radical (unpaired) electrons. The van der Waals surface area contributed by atoms with Gasteiger partial charge in [-0.3, -0.25) is 0 Å². The topological polar surface area (TPSA) is 0 Å². The zero-order valence-electron chi connectivity index (χ0n) is 15.3. The highest BCUT2D eigenvalue weighted by atomic mass is 19.2. The number of hydrogen-bond acceptors (Lipinski definition) is 0. The second kappa shape index (κ2) is 7.22. The summed E-state index contributed by atoms with van der Waals surface area (Å²) in [4.78, 5) is 0. The molecule has 1 aliphatic rings. The minimum Gasteiger partial charge on any atom is -0.206 e. The van der Waals surface area contributed by atoms with Crippen molar-refractivity contribution in [3.8, 4) is 22.3 Å². The smallest absolute Gasteiger partial charge is 0.159 e. The lowest BCUT2D eigenvalue weighted by Crippen LogP contribution is -2.08. The number of halogens is 3. The van der Waals surface area contributed by atoms with Gasteiger partial charge >= 0.3 is 0 Å². The molecule has 1 aliphatic carbocycles. The molecule has 0 N–H and O–H groups in total. The Bertz CT molecular complexity index is 1000. The van der Waals surface area contributed by atoms with E-state index in [2.05, 4.69) is 25.1 Å². The lowest BCUT2D eigenvalue weighted by molar-refractivity contribution is 0.509. The van der Waals surface area contributed by atoms with E-state index in [1.54, 1.807) is 6.07 Å². The number of benzene rings is 3. The Morgan fingerprint density at radius 3 is 2.33 bits per heavy atom. The van der Waals surface area contributed by atoms with Crippen LogP contribution in [0.25, 0.3) is 22.3 Å². The number of rotatable bonds is 4. The Labute approximate surface area is 157 Å². The fourth-order valence-corrected chi connectivity index (χ4v) is 3.92. The van der Waals surface area contributed by atoms with Gasteiger partial charge in [0.15, 0.2) is 11.6 Å². The van der Waals surface area contributed by atoms with Crippen molar-refractivity contribution < 1.29 is 13.2 Å². The van der Waals surface area contributed by atoms with Crippen LogP contribution < -0.4 is 0 Å². The van der Waals surface area contributed by atoms with Crippen LogP contribution in [0.2, 0.25) is 0 Å². The van der Waals surface area contributed by atoms with E-state index in [0.717, 1.165) is 42.5 Å². The summed E-state index contributed by atoms with van der Waals surface area (Å²) in [6.07, 6.45) is 4.81. The van der Waals surface area contributed by atoms with E-state index in [-0.39, 0.29) is 5.82 Å². The molecule has 0 fully saturated rings. The van der Waals surface area contributed by atoms with Gasteiger partial charge in [-0.05, 0) is 71.2 Å². The van der Waals surface area contributed by atoms with E-state index in [0.29, 0.717) is 23.1 Å². The SMILES string of the molecule is CCCCc1ccc2c(c1)CCc1c-2ccc(-c2ccc(F)c(F)c2)c1F. The van der Waals surface area contributed by atoms with Crippen molar-refractivity contribution in [2.45, 2.75) is 39.0 Å². The normalized spacial score (nSPS) is 12.6. The third kappa shape index (κ3) is 3.27. The molecular weight excluding hydrogens is 345 g/mol. The summed E-state index contributed by atoms with van der Waals surface area (Å²) in [6, 6.07) is 13.5. The maximum absolute atomic E-state index is 15.2. The van der Waals surface area contributed by atoms with Crippen molar-refractivity contribution in [2.24, 2.45) is 0 Å². The van der Waals surface area contributed by atoms with E-state index in [1.807, 2.05) is 6.07 Å². The molecule has 0 nitrogen and oxygen atoms in total. The quantitative estimate of drug-likeness (QED) is 0.472. The Morgan fingerprint density at radius 1 is 0.778 bits per heavy atom. The van der Waals surface area contributed by atoms with E-state index < -0.39 is 11.6 Å². The maximum Gasteiger partial charge on any atom is 0.159 e. The Morgan fingerprint density at radius 2 is 1.56 bits per heavy atom. The van der Waals surface area contributed by atoms with Crippen molar-refractivity contribution >= 4 is 0 Å². The Hall–Kier alpha value is -2.55. The van der Waals surface area contributed by atoms with Gasteiger partial charge in [0.05, 0.1) is 0 Å². The lowest BCUT2D eigenvalue weighted by Gasteiger charge is -2.22.